The summed E-state index contributed by atoms with van der Waals surface area (Å²) in [6.07, 6.45) is 15.9. The molecule has 2 spiro atoms. The van der Waals surface area contributed by atoms with Crippen LogP contribution in [0.25, 0.3) is 10.8 Å². The molecule has 9 nitrogen and oxygen atoms in total. The smallest absolute Gasteiger partial charge is 0.160 e. The molecule has 9 unspecified atom stereocenters. The number of nitrogens with zero attached hydrogens (tertiary/aromatic N) is 1. The third-order valence-corrected chi connectivity index (χ3v) is 16.5. The molecular weight excluding hydrogens is 799 g/mol. The number of carbonyl (C=O) groups is 2. The minimum Gasteiger partial charge on any atom is -0.504 e. The Bertz CT molecular complexity index is 2400. The number of phenolic OH excluding ortho intramolecular Hbond substituents is 1. The van der Waals surface area contributed by atoms with Gasteiger partial charge in [-0.2, -0.15) is 0 Å². The van der Waals surface area contributed by atoms with Crippen molar-refractivity contribution in [3.05, 3.63) is 95.2 Å². The van der Waals surface area contributed by atoms with Gasteiger partial charge in [-0.05, 0) is 152 Å². The molecule has 1 aliphatic heterocycles. The molecule has 0 bridgehead atoms. The lowest BCUT2D eigenvalue weighted by atomic mass is 9.60. The number of pyridine rings is 1. The van der Waals surface area contributed by atoms with Crippen molar-refractivity contribution in [2.75, 3.05) is 12.8 Å². The number of phenols is 1. The summed E-state index contributed by atoms with van der Waals surface area (Å²) in [6.45, 7) is 0. The summed E-state index contributed by atoms with van der Waals surface area (Å²) in [5, 5.41) is 41.5. The summed E-state index contributed by atoms with van der Waals surface area (Å²) in [5.74, 6) is 9.06. The van der Waals surface area contributed by atoms with Crippen LogP contribution >= 0.6 is 0 Å². The Morgan fingerprint density at radius 2 is 1.72 bits per heavy atom. The summed E-state index contributed by atoms with van der Waals surface area (Å²) in [5.41, 5.74) is 8.92. The normalized spacial score (nSPS) is 28.8. The number of nitrogens with two attached hydrogens (primary N) is 1. The second-order valence-corrected chi connectivity index (χ2v) is 20.3. The van der Waals surface area contributed by atoms with Gasteiger partial charge in [0, 0.05) is 48.9 Å². The number of aliphatic hydroxyl groups is 2. The third kappa shape index (κ3) is 9.21. The number of methoxy groups -OCH3 is 1. The van der Waals surface area contributed by atoms with Gasteiger partial charge in [0.25, 0.3) is 0 Å². The van der Waals surface area contributed by atoms with E-state index in [9.17, 15) is 24.9 Å². The van der Waals surface area contributed by atoms with E-state index in [0.717, 1.165) is 58.7 Å². The zero-order chi connectivity index (χ0) is 44.4. The predicted octanol–water partition coefficient (Wildman–Crippen LogP) is 9.47. The highest BCUT2D eigenvalue weighted by atomic mass is 16.5. The fraction of sp³-hybridized carbons (Fsp3) is 0.545. The van der Waals surface area contributed by atoms with E-state index in [0.29, 0.717) is 92.5 Å². The third-order valence-electron chi connectivity index (χ3n) is 16.5. The lowest BCUT2D eigenvalue weighted by Gasteiger charge is -2.54. The van der Waals surface area contributed by atoms with Crippen LogP contribution in [0.4, 0.5) is 5.82 Å². The van der Waals surface area contributed by atoms with Crippen LogP contribution in [-0.2, 0) is 16.0 Å². The molecule has 4 aliphatic carbocycles. The van der Waals surface area contributed by atoms with E-state index in [1.54, 1.807) is 12.3 Å². The van der Waals surface area contributed by atoms with Crippen LogP contribution in [0.1, 0.15) is 150 Å². The summed E-state index contributed by atoms with van der Waals surface area (Å²) in [4.78, 5) is 31.1. The number of hydrogen-bond acceptors (Lipinski definition) is 9. The lowest BCUT2D eigenvalue weighted by molar-refractivity contribution is -0.134. The van der Waals surface area contributed by atoms with Crippen molar-refractivity contribution in [1.29, 1.82) is 0 Å². The maximum absolute atomic E-state index is 14.4. The van der Waals surface area contributed by atoms with E-state index in [-0.39, 0.29) is 29.4 Å². The Balaban J connectivity index is 0.932. The number of aliphatic hydroxyl groups excluding tert-OH is 2. The molecule has 0 radical (unpaired) electrons. The molecule has 1 saturated heterocycles. The first-order valence-corrected chi connectivity index (χ1v) is 24.3. The minimum absolute atomic E-state index is 0.0109. The van der Waals surface area contributed by atoms with Crippen LogP contribution in [0.15, 0.2) is 72.9 Å². The maximum atomic E-state index is 14.4. The van der Waals surface area contributed by atoms with Gasteiger partial charge in [-0.25, -0.2) is 4.98 Å². The van der Waals surface area contributed by atoms with Crippen molar-refractivity contribution in [3.8, 4) is 23.3 Å². The summed E-state index contributed by atoms with van der Waals surface area (Å²) >= 11 is 0. The summed E-state index contributed by atoms with van der Waals surface area (Å²) < 4.78 is 5.53. The topological polar surface area (TPSA) is 155 Å². The monoisotopic (exact) mass is 866 g/mol. The number of anilines is 1. The van der Waals surface area contributed by atoms with Crippen LogP contribution in [-0.4, -0.2) is 62.8 Å². The Morgan fingerprint density at radius 3 is 2.52 bits per heavy atom. The fourth-order valence-electron chi connectivity index (χ4n) is 12.8. The second kappa shape index (κ2) is 19.0. The highest BCUT2D eigenvalue weighted by molar-refractivity contribution is 5.89. The number of aromatic hydroxyl groups is 1. The summed E-state index contributed by atoms with van der Waals surface area (Å²) in [6, 6.07) is 22.4. The molecule has 3 saturated carbocycles. The number of nitrogen functional groups attached to an aromatic ring is 1. The van der Waals surface area contributed by atoms with Crippen LogP contribution in [0.2, 0.25) is 0 Å². The zero-order valence-electron chi connectivity index (χ0n) is 37.6. The number of fused-ring (bicyclic) bond motifs is 3. The first-order valence-electron chi connectivity index (χ1n) is 24.3. The molecular formula is C55H67N3O6. The number of hydrogen-bond donors (Lipinski definition) is 5. The highest BCUT2D eigenvalue weighted by Crippen LogP contribution is 2.50. The first kappa shape index (κ1) is 44.5. The van der Waals surface area contributed by atoms with Crippen molar-refractivity contribution in [2.24, 2.45) is 23.2 Å². The molecule has 9 atom stereocenters. The van der Waals surface area contributed by atoms with Crippen molar-refractivity contribution in [2.45, 2.75) is 158 Å². The van der Waals surface area contributed by atoms with Gasteiger partial charge in [0.15, 0.2) is 17.3 Å². The molecule has 338 valence electrons. The van der Waals surface area contributed by atoms with Crippen molar-refractivity contribution >= 4 is 28.2 Å². The SMILES string of the molecule is COc1cc2c(cc1O)C(CCC(O)CC(c1ccnc(N)c1)c1ccc3ccccc3c1)C#CC1(CCC(CCC3CC4CCC(=O)CC4NC34CCCCC4)CC1O)C(=O)CC2. The molecule has 3 aromatic carbocycles. The Labute approximate surface area is 379 Å². The van der Waals surface area contributed by atoms with E-state index in [4.69, 9.17) is 10.5 Å². The molecule has 2 heterocycles. The Hall–Kier alpha value is -4.75. The molecule has 64 heavy (non-hydrogen) atoms. The van der Waals surface area contributed by atoms with E-state index in [1.807, 2.05) is 30.3 Å². The van der Waals surface area contributed by atoms with Crippen molar-refractivity contribution in [1.82, 2.24) is 10.3 Å². The molecule has 6 N–H and O–H groups in total. The second-order valence-electron chi connectivity index (χ2n) is 20.3. The first-order chi connectivity index (χ1) is 31.0. The molecule has 4 aromatic rings. The van der Waals surface area contributed by atoms with Gasteiger partial charge in [-0.1, -0.05) is 80.0 Å². The minimum atomic E-state index is -1.16. The number of piperidine rings is 1. The quantitative estimate of drug-likeness (QED) is 0.0928. The van der Waals surface area contributed by atoms with Crippen LogP contribution < -0.4 is 15.8 Å². The average molecular weight is 866 g/mol. The number of aryl methyl sites for hydroxylation is 1. The molecule has 1 aromatic heterocycles. The number of carbonyl (C=O) groups excluding carboxylic acids is 2. The van der Waals surface area contributed by atoms with Gasteiger partial charge >= 0.3 is 0 Å². The number of Topliss-reactive ketones (excluding diaryl/α,β-unsaturated/α-hetero) is 2. The van der Waals surface area contributed by atoms with E-state index < -0.39 is 23.5 Å². The van der Waals surface area contributed by atoms with Gasteiger partial charge in [-0.15, -0.1) is 0 Å². The average Bonchev–Trinajstić information content (AvgIpc) is 3.35. The molecule has 9 rings (SSSR count). The van der Waals surface area contributed by atoms with Gasteiger partial charge in [0.2, 0.25) is 0 Å². The predicted molar refractivity (Wildman–Crippen MR) is 251 cm³/mol. The number of benzene rings is 3. The Kier molecular flexibility index (Phi) is 13.2. The fourth-order valence-corrected chi connectivity index (χ4v) is 12.8. The van der Waals surface area contributed by atoms with Gasteiger partial charge in [0.05, 0.1) is 19.3 Å². The lowest BCUT2D eigenvalue weighted by Crippen LogP contribution is -2.63. The Morgan fingerprint density at radius 1 is 0.906 bits per heavy atom. The van der Waals surface area contributed by atoms with E-state index in [2.05, 4.69) is 52.5 Å². The number of rotatable bonds is 11. The van der Waals surface area contributed by atoms with Crippen molar-refractivity contribution < 1.29 is 29.6 Å². The van der Waals surface area contributed by atoms with E-state index >= 15 is 0 Å². The largest absolute Gasteiger partial charge is 0.504 e. The summed E-state index contributed by atoms with van der Waals surface area (Å²) in [7, 11) is 1.52. The molecule has 4 fully saturated rings. The van der Waals surface area contributed by atoms with Crippen molar-refractivity contribution in [3.63, 3.8) is 0 Å². The maximum Gasteiger partial charge on any atom is 0.160 e. The standard InChI is InChI=1S/C55H67N3O6/c1-64-50-30-40-14-18-51(62)54(24-19-35(27-52(54)63)9-15-43-29-42-13-17-45(60)33-48(42)58-55(43)22-5-2-6-23-55)25-20-37(47(40)34-49(50)61)12-16-44(59)32-46(41-21-26-57-53(56)31-41)39-11-10-36-7-3-4-8-38(36)28-39/h3-4,7-8,10-11,21,26,28,30-31,34-35,37,42-44,46,48,52,58-59,61,63H,2,5-6,9,12-19,22-24,27,29,32-33H2,1H3,(H2,56,57). The number of nitrogens with one attached hydrogen (secondary N) is 1. The van der Waals surface area contributed by atoms with Gasteiger partial charge in [0.1, 0.15) is 17.0 Å². The molecule has 9 heteroatoms. The number of aromatic nitrogens is 1. The highest BCUT2D eigenvalue weighted by Gasteiger charge is 2.50. The number of ether oxygens (including phenoxy) is 1. The van der Waals surface area contributed by atoms with Crippen LogP contribution in [0.3, 0.4) is 0 Å². The van der Waals surface area contributed by atoms with Gasteiger partial charge < -0.3 is 31.1 Å². The number of ketones is 2. The van der Waals surface area contributed by atoms with Crippen LogP contribution in [0, 0.1) is 35.0 Å². The van der Waals surface area contributed by atoms with Gasteiger partial charge in [-0.3, -0.25) is 9.59 Å². The zero-order valence-corrected chi connectivity index (χ0v) is 37.6. The molecule has 5 aliphatic rings. The van der Waals surface area contributed by atoms with E-state index in [1.165, 1.54) is 45.6 Å². The van der Waals surface area contributed by atoms with Crippen LogP contribution in [0.5, 0.6) is 11.5 Å². The molecule has 0 amide bonds.